The van der Waals surface area contributed by atoms with Gasteiger partial charge in [0.25, 0.3) is 11.7 Å². The van der Waals surface area contributed by atoms with Crippen molar-refractivity contribution in [1.82, 2.24) is 4.98 Å². The summed E-state index contributed by atoms with van der Waals surface area (Å²) >= 11 is 10.5. The van der Waals surface area contributed by atoms with Crippen LogP contribution in [-0.4, -0.2) is 10.2 Å². The highest BCUT2D eigenvalue weighted by atomic mass is 35.5. The van der Waals surface area contributed by atoms with Crippen molar-refractivity contribution in [2.24, 2.45) is 0 Å². The SMILES string of the molecule is O=C(Cl)c1cc(Cl)nc(C(F)F)c1. The minimum atomic E-state index is -2.77. The minimum Gasteiger partial charge on any atom is -0.276 e. The Kier molecular flexibility index (Phi) is 3.17. The molecule has 1 aromatic heterocycles. The lowest BCUT2D eigenvalue weighted by molar-refractivity contribution is 0.108. The third-order valence-electron chi connectivity index (χ3n) is 1.26. The van der Waals surface area contributed by atoms with Gasteiger partial charge in [0.05, 0.1) is 0 Å². The summed E-state index contributed by atoms with van der Waals surface area (Å²) < 4.78 is 24.2. The molecular formula is C7H3Cl2F2NO. The molecule has 2 nitrogen and oxygen atoms in total. The highest BCUT2D eigenvalue weighted by Crippen LogP contribution is 2.21. The van der Waals surface area contributed by atoms with E-state index in [-0.39, 0.29) is 10.7 Å². The van der Waals surface area contributed by atoms with Crippen LogP contribution in [0.25, 0.3) is 0 Å². The van der Waals surface area contributed by atoms with Crippen LogP contribution in [0.15, 0.2) is 12.1 Å². The second-order valence-corrected chi connectivity index (χ2v) is 2.91. The fourth-order valence-electron chi connectivity index (χ4n) is 0.742. The lowest BCUT2D eigenvalue weighted by Crippen LogP contribution is -1.96. The number of hydrogen-bond acceptors (Lipinski definition) is 2. The average Bonchev–Trinajstić information content (AvgIpc) is 2.03. The van der Waals surface area contributed by atoms with Crippen molar-refractivity contribution >= 4 is 28.4 Å². The summed E-state index contributed by atoms with van der Waals surface area (Å²) in [4.78, 5) is 13.9. The van der Waals surface area contributed by atoms with Crippen LogP contribution in [0, 0.1) is 0 Å². The van der Waals surface area contributed by atoms with Gasteiger partial charge in [0.2, 0.25) is 0 Å². The van der Waals surface area contributed by atoms with Gasteiger partial charge in [-0.1, -0.05) is 11.6 Å². The zero-order chi connectivity index (χ0) is 10.0. The van der Waals surface area contributed by atoms with Gasteiger partial charge >= 0.3 is 0 Å². The molecule has 1 rings (SSSR count). The first-order chi connectivity index (χ1) is 6.00. The lowest BCUT2D eigenvalue weighted by atomic mass is 10.2. The maximum Gasteiger partial charge on any atom is 0.280 e. The molecule has 0 aliphatic rings. The fourth-order valence-corrected chi connectivity index (χ4v) is 1.07. The van der Waals surface area contributed by atoms with Crippen LogP contribution in [-0.2, 0) is 0 Å². The van der Waals surface area contributed by atoms with Crippen molar-refractivity contribution < 1.29 is 13.6 Å². The topological polar surface area (TPSA) is 30.0 Å². The van der Waals surface area contributed by atoms with Gasteiger partial charge in [-0.25, -0.2) is 13.8 Å². The van der Waals surface area contributed by atoms with E-state index in [0.29, 0.717) is 0 Å². The molecule has 1 aromatic rings. The molecule has 0 atom stereocenters. The number of carbonyl (C=O) groups is 1. The van der Waals surface area contributed by atoms with Gasteiger partial charge in [0.1, 0.15) is 10.8 Å². The third-order valence-corrected chi connectivity index (χ3v) is 1.68. The van der Waals surface area contributed by atoms with Gasteiger partial charge in [0.15, 0.2) is 0 Å². The number of carbonyl (C=O) groups excluding carboxylic acids is 1. The fraction of sp³-hybridized carbons (Fsp3) is 0.143. The molecule has 0 amide bonds. The molecule has 0 aromatic carbocycles. The summed E-state index contributed by atoms with van der Waals surface area (Å²) in [6.45, 7) is 0. The summed E-state index contributed by atoms with van der Waals surface area (Å²) in [6.07, 6.45) is -2.77. The minimum absolute atomic E-state index is 0.0861. The number of halogens is 4. The van der Waals surface area contributed by atoms with E-state index in [4.69, 9.17) is 23.2 Å². The number of hydrogen-bond donors (Lipinski definition) is 0. The van der Waals surface area contributed by atoms with E-state index in [1.807, 2.05) is 0 Å². The van der Waals surface area contributed by atoms with E-state index in [1.165, 1.54) is 0 Å². The molecule has 0 N–H and O–H groups in total. The number of nitrogens with zero attached hydrogens (tertiary/aromatic N) is 1. The molecule has 0 unspecified atom stereocenters. The van der Waals surface area contributed by atoms with Gasteiger partial charge < -0.3 is 0 Å². The molecule has 13 heavy (non-hydrogen) atoms. The average molecular weight is 226 g/mol. The first-order valence-electron chi connectivity index (χ1n) is 3.16. The van der Waals surface area contributed by atoms with Crippen molar-refractivity contribution in [3.05, 3.63) is 28.5 Å². The van der Waals surface area contributed by atoms with Crippen molar-refractivity contribution in [3.63, 3.8) is 0 Å². The quantitative estimate of drug-likeness (QED) is 0.572. The Morgan fingerprint density at radius 1 is 1.46 bits per heavy atom. The Morgan fingerprint density at radius 2 is 2.08 bits per heavy atom. The number of aromatic nitrogens is 1. The molecule has 0 saturated heterocycles. The number of rotatable bonds is 2. The van der Waals surface area contributed by atoms with E-state index >= 15 is 0 Å². The second kappa shape index (κ2) is 3.98. The second-order valence-electron chi connectivity index (χ2n) is 2.18. The molecule has 0 spiro atoms. The predicted molar refractivity (Wildman–Crippen MR) is 44.4 cm³/mol. The van der Waals surface area contributed by atoms with E-state index in [9.17, 15) is 13.6 Å². The van der Waals surface area contributed by atoms with Crippen LogP contribution in [0.3, 0.4) is 0 Å². The molecule has 70 valence electrons. The van der Waals surface area contributed by atoms with E-state index in [0.717, 1.165) is 12.1 Å². The molecular weight excluding hydrogens is 223 g/mol. The van der Waals surface area contributed by atoms with Crippen LogP contribution in [0.1, 0.15) is 22.5 Å². The van der Waals surface area contributed by atoms with Gasteiger partial charge in [-0.2, -0.15) is 0 Å². The highest BCUT2D eigenvalue weighted by Gasteiger charge is 2.13. The molecule has 6 heteroatoms. The molecule has 0 aliphatic heterocycles. The van der Waals surface area contributed by atoms with Crippen LogP contribution in [0.4, 0.5) is 8.78 Å². The first-order valence-corrected chi connectivity index (χ1v) is 3.92. The molecule has 1 heterocycles. The number of alkyl halides is 2. The number of pyridine rings is 1. The zero-order valence-electron chi connectivity index (χ0n) is 6.10. The lowest BCUT2D eigenvalue weighted by Gasteiger charge is -2.00. The largest absolute Gasteiger partial charge is 0.280 e. The van der Waals surface area contributed by atoms with Gasteiger partial charge in [-0.15, -0.1) is 0 Å². The standard InChI is InChI=1S/C7H3Cl2F2NO/c8-5-2-3(6(9)13)1-4(12-5)7(10)11/h1-2,7H. The van der Waals surface area contributed by atoms with Gasteiger partial charge in [0, 0.05) is 5.56 Å². The predicted octanol–water partition coefficient (Wildman–Crippen LogP) is 3.05. The van der Waals surface area contributed by atoms with Gasteiger partial charge in [-0.3, -0.25) is 4.79 Å². The zero-order valence-corrected chi connectivity index (χ0v) is 7.61. The first kappa shape index (κ1) is 10.3. The Hall–Kier alpha value is -0.740. The van der Waals surface area contributed by atoms with Crippen LogP contribution in [0.5, 0.6) is 0 Å². The monoisotopic (exact) mass is 225 g/mol. The molecule has 0 radical (unpaired) electrons. The Balaban J connectivity index is 3.19. The van der Waals surface area contributed by atoms with Crippen molar-refractivity contribution in [1.29, 1.82) is 0 Å². The van der Waals surface area contributed by atoms with Crippen LogP contribution >= 0.6 is 23.2 Å². The summed E-state index contributed by atoms with van der Waals surface area (Å²) in [5.74, 6) is 0. The molecule has 0 fully saturated rings. The highest BCUT2D eigenvalue weighted by molar-refractivity contribution is 6.67. The van der Waals surface area contributed by atoms with Crippen molar-refractivity contribution in [3.8, 4) is 0 Å². The molecule has 0 saturated carbocycles. The maximum absolute atomic E-state index is 12.1. The van der Waals surface area contributed by atoms with E-state index in [1.54, 1.807) is 0 Å². The smallest absolute Gasteiger partial charge is 0.276 e. The Morgan fingerprint density at radius 3 is 2.54 bits per heavy atom. The van der Waals surface area contributed by atoms with Gasteiger partial charge in [-0.05, 0) is 23.7 Å². The Bertz CT molecular complexity index is 343. The van der Waals surface area contributed by atoms with Crippen LogP contribution < -0.4 is 0 Å². The molecule has 0 aliphatic carbocycles. The normalized spacial score (nSPS) is 10.5. The molecule has 0 bridgehead atoms. The van der Waals surface area contributed by atoms with Crippen molar-refractivity contribution in [2.45, 2.75) is 6.43 Å². The van der Waals surface area contributed by atoms with Crippen molar-refractivity contribution in [2.75, 3.05) is 0 Å². The van der Waals surface area contributed by atoms with E-state index < -0.39 is 17.4 Å². The Labute approximate surface area is 82.5 Å². The summed E-state index contributed by atoms with van der Waals surface area (Å²) in [5, 5.41) is -1.02. The summed E-state index contributed by atoms with van der Waals surface area (Å²) in [7, 11) is 0. The third kappa shape index (κ3) is 2.60. The van der Waals surface area contributed by atoms with E-state index in [2.05, 4.69) is 4.98 Å². The maximum atomic E-state index is 12.1. The van der Waals surface area contributed by atoms with Crippen LogP contribution in [0.2, 0.25) is 5.15 Å². The summed E-state index contributed by atoms with van der Waals surface area (Å²) in [6, 6.07) is 2.04. The summed E-state index contributed by atoms with van der Waals surface area (Å²) in [5.41, 5.74) is -0.645.